The van der Waals surface area contributed by atoms with Crippen molar-refractivity contribution in [2.24, 2.45) is 0 Å². The number of halogens is 7. The molecule has 2 rings (SSSR count). The summed E-state index contributed by atoms with van der Waals surface area (Å²) in [6, 6.07) is -4.24. The monoisotopic (exact) mass is 417 g/mol. The first kappa shape index (κ1) is 22.1. The van der Waals surface area contributed by atoms with E-state index in [9.17, 15) is 35.8 Å². The molecule has 0 spiro atoms. The fourth-order valence-electron chi connectivity index (χ4n) is 2.33. The highest BCUT2D eigenvalue weighted by atomic mass is 19.4. The van der Waals surface area contributed by atoms with Crippen molar-refractivity contribution >= 4 is 17.5 Å². The summed E-state index contributed by atoms with van der Waals surface area (Å²) in [7, 11) is 0. The van der Waals surface area contributed by atoms with Gasteiger partial charge in [0.15, 0.2) is 5.82 Å². The van der Waals surface area contributed by atoms with Gasteiger partial charge >= 0.3 is 12.4 Å². The Kier molecular flexibility index (Phi) is 6.36. The Balaban J connectivity index is 2.45. The zero-order valence-corrected chi connectivity index (χ0v) is 14.8. The van der Waals surface area contributed by atoms with E-state index in [0.29, 0.717) is 6.42 Å². The van der Waals surface area contributed by atoms with Crippen LogP contribution in [0.2, 0.25) is 0 Å². The summed E-state index contributed by atoms with van der Waals surface area (Å²) < 4.78 is 90.8. The Morgan fingerprint density at radius 2 is 1.39 bits per heavy atom. The highest BCUT2D eigenvalue weighted by Crippen LogP contribution is 2.33. The summed E-state index contributed by atoms with van der Waals surface area (Å²) in [4.78, 5) is 10.9. The molecule has 158 valence electrons. The molecule has 1 heterocycles. The second kappa shape index (κ2) is 8.05. The van der Waals surface area contributed by atoms with Gasteiger partial charge in [-0.2, -0.15) is 41.3 Å². The van der Waals surface area contributed by atoms with E-state index < -0.39 is 54.1 Å². The van der Waals surface area contributed by atoms with Crippen molar-refractivity contribution in [2.75, 3.05) is 10.6 Å². The van der Waals surface area contributed by atoms with Crippen LogP contribution in [0, 0.1) is 0 Å². The molecule has 0 saturated heterocycles. The summed E-state index contributed by atoms with van der Waals surface area (Å²) in [5, 5.41) is 13.5. The number of nitrogens with zero attached hydrogens (tertiary/aromatic N) is 3. The number of alkyl halides is 6. The molecule has 28 heavy (non-hydrogen) atoms. The zero-order chi connectivity index (χ0) is 21.3. The average Bonchev–Trinajstić information content (AvgIpc) is 2.55. The van der Waals surface area contributed by atoms with Gasteiger partial charge in [0.2, 0.25) is 11.9 Å². The molecule has 1 aliphatic carbocycles. The van der Waals surface area contributed by atoms with Crippen LogP contribution >= 0.6 is 0 Å². The molecule has 1 aromatic rings. The van der Waals surface area contributed by atoms with E-state index in [4.69, 9.17) is 0 Å². The lowest BCUT2D eigenvalue weighted by Crippen LogP contribution is -2.35. The van der Waals surface area contributed by atoms with Crippen LogP contribution in [0.25, 0.3) is 5.57 Å². The maximum Gasteiger partial charge on any atom is 0.408 e. The van der Waals surface area contributed by atoms with Crippen LogP contribution in [0.15, 0.2) is 5.83 Å². The lowest BCUT2D eigenvalue weighted by Gasteiger charge is -2.22. The summed E-state index contributed by atoms with van der Waals surface area (Å²) >= 11 is 0. The molecule has 1 unspecified atom stereocenters. The molecule has 0 bridgehead atoms. The first-order valence-corrected chi connectivity index (χ1v) is 8.28. The molecule has 0 fully saturated rings. The minimum absolute atomic E-state index is 0.0649. The van der Waals surface area contributed by atoms with Gasteiger partial charge in [0, 0.05) is 5.57 Å². The van der Waals surface area contributed by atoms with E-state index in [2.05, 4.69) is 15.0 Å². The minimum atomic E-state index is -4.68. The summed E-state index contributed by atoms with van der Waals surface area (Å²) in [5.74, 6) is -2.76. The van der Waals surface area contributed by atoms with Gasteiger partial charge < -0.3 is 15.7 Å². The Bertz CT molecular complexity index is 694. The minimum Gasteiger partial charge on any atom is -0.386 e. The standard InChI is InChI=1S/C15H18F7N5O/c1-6(14(17,18)19)23-12-25-11(8-4-3-5-9(28)10(8)16)26-13(27-12)24-7(2)15(20,21)22/h6-7,9,28H,3-5H2,1-2H3,(H2,23,24,25,26,27)/t6-,7+,9?. The Hall–Kier alpha value is -2.18. The second-order valence-electron chi connectivity index (χ2n) is 6.36. The van der Waals surface area contributed by atoms with Gasteiger partial charge in [-0.1, -0.05) is 0 Å². The molecular weight excluding hydrogens is 399 g/mol. The molecule has 3 atom stereocenters. The van der Waals surface area contributed by atoms with E-state index in [1.54, 1.807) is 0 Å². The van der Waals surface area contributed by atoms with Crippen molar-refractivity contribution in [1.82, 2.24) is 15.0 Å². The average molecular weight is 417 g/mol. The van der Waals surface area contributed by atoms with Crippen LogP contribution in [0.1, 0.15) is 38.9 Å². The Morgan fingerprint density at radius 1 is 0.929 bits per heavy atom. The molecular formula is C15H18F7N5O. The summed E-state index contributed by atoms with van der Waals surface area (Å²) in [6.07, 6.45) is -10.2. The fourth-order valence-corrected chi connectivity index (χ4v) is 2.33. The van der Waals surface area contributed by atoms with Crippen LogP contribution in [0.3, 0.4) is 0 Å². The van der Waals surface area contributed by atoms with E-state index in [0.717, 1.165) is 13.8 Å². The second-order valence-corrected chi connectivity index (χ2v) is 6.36. The van der Waals surface area contributed by atoms with Gasteiger partial charge in [-0.3, -0.25) is 0 Å². The largest absolute Gasteiger partial charge is 0.408 e. The number of nitrogens with one attached hydrogen (secondary N) is 2. The SMILES string of the molecule is C[C@H](Nc1nc(N[C@H](C)C(F)(F)F)nc(C2=C(F)C(O)CCC2)n1)C(F)(F)F. The van der Waals surface area contributed by atoms with E-state index >= 15 is 0 Å². The first-order chi connectivity index (χ1) is 12.8. The molecule has 0 saturated carbocycles. The van der Waals surface area contributed by atoms with E-state index in [1.807, 2.05) is 10.6 Å². The topological polar surface area (TPSA) is 83.0 Å². The molecule has 6 nitrogen and oxygen atoms in total. The number of aromatic nitrogens is 3. The lowest BCUT2D eigenvalue weighted by molar-refractivity contribution is -0.139. The summed E-state index contributed by atoms with van der Waals surface area (Å²) in [5.41, 5.74) is -0.188. The predicted octanol–water partition coefficient (Wildman–Crippen LogP) is 3.82. The van der Waals surface area contributed by atoms with Crippen LogP contribution in [0.5, 0.6) is 0 Å². The third-order valence-corrected chi connectivity index (χ3v) is 4.06. The number of hydrogen-bond acceptors (Lipinski definition) is 6. The molecule has 0 radical (unpaired) electrons. The number of anilines is 2. The number of aliphatic hydroxyl groups is 1. The highest BCUT2D eigenvalue weighted by Gasteiger charge is 2.38. The van der Waals surface area contributed by atoms with Crippen molar-refractivity contribution in [1.29, 1.82) is 0 Å². The van der Waals surface area contributed by atoms with Crippen LogP contribution in [-0.4, -0.2) is 50.6 Å². The van der Waals surface area contributed by atoms with Crippen LogP contribution in [0.4, 0.5) is 42.6 Å². The number of hydrogen-bond donors (Lipinski definition) is 3. The third-order valence-electron chi connectivity index (χ3n) is 4.06. The van der Waals surface area contributed by atoms with Gasteiger partial charge in [-0.15, -0.1) is 0 Å². The highest BCUT2D eigenvalue weighted by molar-refractivity contribution is 5.65. The molecule has 3 N–H and O–H groups in total. The zero-order valence-electron chi connectivity index (χ0n) is 14.8. The van der Waals surface area contributed by atoms with Gasteiger partial charge in [0.25, 0.3) is 0 Å². The van der Waals surface area contributed by atoms with Gasteiger partial charge in [0.05, 0.1) is 0 Å². The van der Waals surface area contributed by atoms with Crippen LogP contribution < -0.4 is 10.6 Å². The van der Waals surface area contributed by atoms with Crippen molar-refractivity contribution in [3.63, 3.8) is 0 Å². The van der Waals surface area contributed by atoms with Crippen molar-refractivity contribution < 1.29 is 35.8 Å². The molecule has 0 amide bonds. The van der Waals surface area contributed by atoms with Gasteiger partial charge in [0.1, 0.15) is 24.0 Å². The lowest BCUT2D eigenvalue weighted by atomic mass is 9.96. The number of allylic oxidation sites excluding steroid dienone is 1. The quantitative estimate of drug-likeness (QED) is 0.632. The van der Waals surface area contributed by atoms with E-state index in [1.165, 1.54) is 0 Å². The smallest absolute Gasteiger partial charge is 0.386 e. The van der Waals surface area contributed by atoms with Gasteiger partial charge in [-0.25, -0.2) is 4.39 Å². The Morgan fingerprint density at radius 3 is 1.82 bits per heavy atom. The maximum absolute atomic E-state index is 14.2. The normalized spacial score (nSPS) is 20.7. The maximum atomic E-state index is 14.2. The molecule has 0 aromatic carbocycles. The Labute approximate surface area is 155 Å². The number of rotatable bonds is 5. The van der Waals surface area contributed by atoms with Gasteiger partial charge in [-0.05, 0) is 33.1 Å². The fraction of sp³-hybridized carbons (Fsp3) is 0.667. The van der Waals surface area contributed by atoms with E-state index in [-0.39, 0.29) is 18.4 Å². The molecule has 1 aromatic heterocycles. The molecule has 13 heteroatoms. The first-order valence-electron chi connectivity index (χ1n) is 8.28. The molecule has 1 aliphatic rings. The van der Waals surface area contributed by atoms with Crippen molar-refractivity contribution in [2.45, 2.75) is 63.7 Å². The predicted molar refractivity (Wildman–Crippen MR) is 86.0 cm³/mol. The summed E-state index contributed by atoms with van der Waals surface area (Å²) in [6.45, 7) is 1.53. The van der Waals surface area contributed by atoms with Crippen LogP contribution in [-0.2, 0) is 0 Å². The molecule has 0 aliphatic heterocycles. The number of aliphatic hydroxyl groups excluding tert-OH is 1. The van der Waals surface area contributed by atoms with Crippen molar-refractivity contribution in [3.05, 3.63) is 11.7 Å². The third kappa shape index (κ3) is 5.42. The van der Waals surface area contributed by atoms with Crippen molar-refractivity contribution in [3.8, 4) is 0 Å².